The lowest BCUT2D eigenvalue weighted by molar-refractivity contribution is -0.138. The highest BCUT2D eigenvalue weighted by molar-refractivity contribution is 5.92. The van der Waals surface area contributed by atoms with Crippen LogP contribution in [-0.2, 0) is 11.8 Å². The fraction of sp³-hybridized carbons (Fsp3) is 0.500. The smallest absolute Gasteiger partial charge is 0.271 e. The maximum absolute atomic E-state index is 12.4. The lowest BCUT2D eigenvalue weighted by Gasteiger charge is -2.40. The summed E-state index contributed by atoms with van der Waals surface area (Å²) in [6.45, 7) is 4.90. The molecular weight excluding hydrogens is 332 g/mol. The molecule has 8 nitrogen and oxygen atoms in total. The van der Waals surface area contributed by atoms with Crippen molar-refractivity contribution in [2.24, 2.45) is 13.0 Å². The molecule has 138 valence electrons. The number of likely N-dealkylation sites (tertiary alicyclic amines) is 1. The van der Waals surface area contributed by atoms with Gasteiger partial charge < -0.3 is 10.2 Å². The molecule has 0 saturated carbocycles. The Morgan fingerprint density at radius 2 is 2.15 bits per heavy atom. The number of hydrogen-bond donors (Lipinski definition) is 1. The van der Waals surface area contributed by atoms with Crippen LogP contribution < -0.4 is 5.32 Å². The number of aromatic nitrogens is 4. The largest absolute Gasteiger partial charge is 0.350 e. The molecule has 8 heteroatoms. The quantitative estimate of drug-likeness (QED) is 0.870. The molecule has 0 aromatic carbocycles. The number of piperidine rings is 1. The molecule has 3 heterocycles. The molecule has 2 aromatic rings. The van der Waals surface area contributed by atoms with Gasteiger partial charge in [-0.25, -0.2) is 0 Å². The van der Waals surface area contributed by atoms with E-state index in [1.807, 2.05) is 32.0 Å². The minimum Gasteiger partial charge on any atom is -0.350 e. The zero-order valence-electron chi connectivity index (χ0n) is 15.3. The van der Waals surface area contributed by atoms with Crippen LogP contribution in [0.3, 0.4) is 0 Å². The van der Waals surface area contributed by atoms with Crippen LogP contribution in [0.15, 0.2) is 24.5 Å². The molecule has 0 spiro atoms. The standard InChI is InChI=1S/C18H24N6O2/c1-4-24-16(25)8-6-13(17(24)14-10-20-23(3)11-14)9-19-18(26)15-7-5-12(2)21-22-15/h5,7,10-11,13,17H,4,6,8-9H2,1-3H3,(H,19,26)/t13-,17+/m1/s1. The highest BCUT2D eigenvalue weighted by Crippen LogP contribution is 2.36. The number of nitrogens with zero attached hydrogens (tertiary/aromatic N) is 5. The lowest BCUT2D eigenvalue weighted by atomic mass is 9.85. The van der Waals surface area contributed by atoms with E-state index >= 15 is 0 Å². The fourth-order valence-corrected chi connectivity index (χ4v) is 3.49. The van der Waals surface area contributed by atoms with Crippen molar-refractivity contribution in [2.45, 2.75) is 32.7 Å². The summed E-state index contributed by atoms with van der Waals surface area (Å²) in [4.78, 5) is 26.6. The average molecular weight is 356 g/mol. The molecule has 1 N–H and O–H groups in total. The molecule has 2 aromatic heterocycles. The van der Waals surface area contributed by atoms with Gasteiger partial charge in [0, 0.05) is 44.2 Å². The van der Waals surface area contributed by atoms with Gasteiger partial charge in [0.2, 0.25) is 5.91 Å². The van der Waals surface area contributed by atoms with E-state index in [9.17, 15) is 9.59 Å². The number of hydrogen-bond acceptors (Lipinski definition) is 5. The maximum atomic E-state index is 12.4. The number of aryl methyl sites for hydroxylation is 2. The zero-order chi connectivity index (χ0) is 18.7. The van der Waals surface area contributed by atoms with Gasteiger partial charge in [-0.2, -0.15) is 10.2 Å². The number of rotatable bonds is 5. The van der Waals surface area contributed by atoms with Crippen LogP contribution >= 0.6 is 0 Å². The van der Waals surface area contributed by atoms with Gasteiger partial charge in [-0.15, -0.1) is 5.10 Å². The van der Waals surface area contributed by atoms with Gasteiger partial charge in [0.1, 0.15) is 0 Å². The van der Waals surface area contributed by atoms with Crippen molar-refractivity contribution >= 4 is 11.8 Å². The highest BCUT2D eigenvalue weighted by Gasteiger charge is 2.36. The van der Waals surface area contributed by atoms with Crippen molar-refractivity contribution in [1.82, 2.24) is 30.2 Å². The van der Waals surface area contributed by atoms with Gasteiger partial charge in [-0.3, -0.25) is 14.3 Å². The molecule has 1 saturated heterocycles. The molecular formula is C18H24N6O2. The van der Waals surface area contributed by atoms with Crippen LogP contribution in [0.1, 0.15) is 47.6 Å². The molecule has 2 amide bonds. The van der Waals surface area contributed by atoms with Crippen molar-refractivity contribution in [2.75, 3.05) is 13.1 Å². The Bertz CT molecular complexity index is 785. The maximum Gasteiger partial charge on any atom is 0.271 e. The van der Waals surface area contributed by atoms with Crippen LogP contribution in [0.4, 0.5) is 0 Å². The van der Waals surface area contributed by atoms with E-state index in [1.165, 1.54) is 0 Å². The van der Waals surface area contributed by atoms with Crippen molar-refractivity contribution in [1.29, 1.82) is 0 Å². The molecule has 2 atom stereocenters. The third-order valence-corrected chi connectivity index (χ3v) is 4.79. The Kier molecular flexibility index (Phi) is 5.29. The molecule has 1 aliphatic rings. The first-order chi connectivity index (χ1) is 12.5. The van der Waals surface area contributed by atoms with Gasteiger partial charge in [0.25, 0.3) is 5.91 Å². The predicted molar refractivity (Wildman–Crippen MR) is 95.2 cm³/mol. The lowest BCUT2D eigenvalue weighted by Crippen LogP contribution is -2.46. The Balaban J connectivity index is 1.74. The Labute approximate surface area is 152 Å². The summed E-state index contributed by atoms with van der Waals surface area (Å²) in [6.07, 6.45) is 4.96. The third kappa shape index (κ3) is 3.74. The summed E-state index contributed by atoms with van der Waals surface area (Å²) in [6, 6.07) is 3.34. The van der Waals surface area contributed by atoms with Crippen LogP contribution in [0.25, 0.3) is 0 Å². The number of carbonyl (C=O) groups is 2. The number of carbonyl (C=O) groups excluding carboxylic acids is 2. The van der Waals surface area contributed by atoms with E-state index in [2.05, 4.69) is 20.6 Å². The van der Waals surface area contributed by atoms with Gasteiger partial charge >= 0.3 is 0 Å². The first-order valence-electron chi connectivity index (χ1n) is 8.86. The van der Waals surface area contributed by atoms with Crippen molar-refractivity contribution in [3.8, 4) is 0 Å². The molecule has 0 unspecified atom stereocenters. The molecule has 0 radical (unpaired) electrons. The summed E-state index contributed by atoms with van der Waals surface area (Å²) >= 11 is 0. The highest BCUT2D eigenvalue weighted by atomic mass is 16.2. The third-order valence-electron chi connectivity index (χ3n) is 4.79. The second-order valence-electron chi connectivity index (χ2n) is 6.64. The van der Waals surface area contributed by atoms with Crippen molar-refractivity contribution in [3.05, 3.63) is 41.5 Å². The van der Waals surface area contributed by atoms with Crippen LogP contribution in [0.5, 0.6) is 0 Å². The first-order valence-corrected chi connectivity index (χ1v) is 8.86. The zero-order valence-corrected chi connectivity index (χ0v) is 15.3. The number of nitrogens with one attached hydrogen (secondary N) is 1. The summed E-state index contributed by atoms with van der Waals surface area (Å²) in [5.41, 5.74) is 2.06. The fourth-order valence-electron chi connectivity index (χ4n) is 3.49. The topological polar surface area (TPSA) is 93.0 Å². The van der Waals surface area contributed by atoms with Crippen LogP contribution in [0.2, 0.25) is 0 Å². The van der Waals surface area contributed by atoms with Crippen molar-refractivity contribution in [3.63, 3.8) is 0 Å². The van der Waals surface area contributed by atoms with Crippen LogP contribution in [-0.4, -0.2) is 49.8 Å². The second-order valence-corrected chi connectivity index (χ2v) is 6.64. The predicted octanol–water partition coefficient (Wildman–Crippen LogP) is 1.25. The van der Waals surface area contributed by atoms with Gasteiger partial charge in [0.15, 0.2) is 5.69 Å². The minimum atomic E-state index is -0.248. The van der Waals surface area contributed by atoms with E-state index in [0.717, 1.165) is 17.7 Å². The second kappa shape index (κ2) is 7.63. The molecule has 26 heavy (non-hydrogen) atoms. The van der Waals surface area contributed by atoms with E-state index in [1.54, 1.807) is 23.0 Å². The molecule has 1 aliphatic heterocycles. The van der Waals surface area contributed by atoms with Crippen LogP contribution in [0, 0.1) is 12.8 Å². The molecule has 0 bridgehead atoms. The number of amides is 2. The molecule has 1 fully saturated rings. The monoisotopic (exact) mass is 356 g/mol. The van der Waals surface area contributed by atoms with Gasteiger partial charge in [-0.05, 0) is 32.4 Å². The van der Waals surface area contributed by atoms with E-state index in [4.69, 9.17) is 0 Å². The van der Waals surface area contributed by atoms with Gasteiger partial charge in [-0.1, -0.05) is 0 Å². The summed E-state index contributed by atoms with van der Waals surface area (Å²) in [5.74, 6) is 0.0231. The van der Waals surface area contributed by atoms with Gasteiger partial charge in [0.05, 0.1) is 17.9 Å². The van der Waals surface area contributed by atoms with E-state index in [-0.39, 0.29) is 23.8 Å². The molecule has 0 aliphatic carbocycles. The normalized spacial score (nSPS) is 20.3. The first kappa shape index (κ1) is 18.0. The summed E-state index contributed by atoms with van der Waals surface area (Å²) < 4.78 is 1.74. The summed E-state index contributed by atoms with van der Waals surface area (Å²) in [5, 5.41) is 15.0. The Hall–Kier alpha value is -2.77. The van der Waals surface area contributed by atoms with E-state index < -0.39 is 0 Å². The average Bonchev–Trinajstić information content (AvgIpc) is 3.06. The Morgan fingerprint density at radius 3 is 2.77 bits per heavy atom. The summed E-state index contributed by atoms with van der Waals surface area (Å²) in [7, 11) is 1.86. The Morgan fingerprint density at radius 1 is 1.35 bits per heavy atom. The SMILES string of the molecule is CCN1C(=O)CC[C@H](CNC(=O)c2ccc(C)nn2)[C@H]1c1cnn(C)c1. The minimum absolute atomic E-state index is 0.0839. The van der Waals surface area contributed by atoms with Crippen molar-refractivity contribution < 1.29 is 9.59 Å². The van der Waals surface area contributed by atoms with E-state index in [0.29, 0.717) is 25.2 Å². The molecule has 3 rings (SSSR count).